The van der Waals surface area contributed by atoms with Gasteiger partial charge in [0.05, 0.1) is 24.2 Å². The molecule has 166 valence electrons. The summed E-state index contributed by atoms with van der Waals surface area (Å²) in [6.07, 6.45) is 1.42. The molecule has 1 amide bonds. The van der Waals surface area contributed by atoms with Crippen molar-refractivity contribution in [1.82, 2.24) is 18.9 Å². The highest BCUT2D eigenvalue weighted by Gasteiger charge is 2.22. The Morgan fingerprint density at radius 2 is 1.94 bits per heavy atom. The third-order valence-corrected chi connectivity index (χ3v) is 4.98. The number of halogens is 2. The molecule has 0 fully saturated rings. The molecule has 0 atom stereocenters. The van der Waals surface area contributed by atoms with Crippen molar-refractivity contribution < 1.29 is 18.0 Å². The maximum absolute atomic E-state index is 13.9. The second kappa shape index (κ2) is 8.25. The Morgan fingerprint density at radius 3 is 2.59 bits per heavy atom. The van der Waals surface area contributed by atoms with Crippen molar-refractivity contribution in [2.24, 2.45) is 0 Å². The summed E-state index contributed by atoms with van der Waals surface area (Å²) in [4.78, 5) is 39.0. The van der Waals surface area contributed by atoms with Gasteiger partial charge >= 0.3 is 5.69 Å². The highest BCUT2D eigenvalue weighted by molar-refractivity contribution is 5.91. The molecule has 4 aromatic rings. The highest BCUT2D eigenvalue weighted by Crippen LogP contribution is 2.17. The fraction of sp³-hybridized carbons (Fsp3) is 0.238. The fourth-order valence-electron chi connectivity index (χ4n) is 3.56. The summed E-state index contributed by atoms with van der Waals surface area (Å²) in [7, 11) is 0. The lowest BCUT2D eigenvalue weighted by atomic mass is 10.3. The number of carbonyl (C=O) groups is 1. The van der Waals surface area contributed by atoms with Crippen LogP contribution in [0.3, 0.4) is 0 Å². The van der Waals surface area contributed by atoms with Gasteiger partial charge in [-0.25, -0.2) is 13.6 Å². The molecule has 9 nitrogen and oxygen atoms in total. The molecule has 1 aromatic carbocycles. The Bertz CT molecular complexity index is 1430. The van der Waals surface area contributed by atoms with Gasteiger partial charge in [0.15, 0.2) is 5.52 Å². The number of benzene rings is 1. The standard InChI is InChI=1S/C21H19F2N5O4/c1-3-28-19-18(12(2)25-28)26(11-17(29)24-16-7-6-13(22)9-15(16)23)21(31)27(20(19)30)10-14-5-4-8-32-14/h4-9H,3,10-11H2,1-2H3,(H,24,29). The van der Waals surface area contributed by atoms with Crippen LogP contribution in [-0.4, -0.2) is 24.8 Å². The van der Waals surface area contributed by atoms with Gasteiger partial charge in [-0.3, -0.25) is 23.4 Å². The molecular formula is C21H19F2N5O4. The SMILES string of the molecule is CCn1nc(C)c2c1c(=O)n(Cc1ccco1)c(=O)n2CC(=O)Nc1ccc(F)cc1F. The predicted molar refractivity (Wildman–Crippen MR) is 111 cm³/mol. The number of carbonyl (C=O) groups excluding carboxylic acids is 1. The number of nitrogens with one attached hydrogen (secondary N) is 1. The summed E-state index contributed by atoms with van der Waals surface area (Å²) >= 11 is 0. The molecule has 1 N–H and O–H groups in total. The molecule has 0 aliphatic heterocycles. The highest BCUT2D eigenvalue weighted by atomic mass is 19.1. The fourth-order valence-corrected chi connectivity index (χ4v) is 3.56. The van der Waals surface area contributed by atoms with Gasteiger partial charge in [0.1, 0.15) is 29.5 Å². The van der Waals surface area contributed by atoms with Gasteiger partial charge in [-0.15, -0.1) is 0 Å². The van der Waals surface area contributed by atoms with Crippen LogP contribution in [0.1, 0.15) is 18.4 Å². The number of hydrogen-bond donors (Lipinski definition) is 1. The predicted octanol–water partition coefficient (Wildman–Crippen LogP) is 2.25. The lowest BCUT2D eigenvalue weighted by Crippen LogP contribution is -2.42. The van der Waals surface area contributed by atoms with Crippen LogP contribution >= 0.6 is 0 Å². The summed E-state index contributed by atoms with van der Waals surface area (Å²) in [6, 6.07) is 5.97. The third kappa shape index (κ3) is 3.72. The molecule has 0 saturated heterocycles. The van der Waals surface area contributed by atoms with Crippen molar-refractivity contribution in [2.75, 3.05) is 5.32 Å². The Labute approximate surface area is 179 Å². The minimum absolute atomic E-state index is 0.136. The van der Waals surface area contributed by atoms with E-state index in [0.717, 1.165) is 21.3 Å². The van der Waals surface area contributed by atoms with E-state index >= 15 is 0 Å². The number of aromatic nitrogens is 4. The number of hydrogen-bond acceptors (Lipinski definition) is 5. The van der Waals surface area contributed by atoms with E-state index in [-0.39, 0.29) is 23.3 Å². The van der Waals surface area contributed by atoms with Gasteiger partial charge in [-0.1, -0.05) is 0 Å². The molecule has 0 unspecified atom stereocenters. The zero-order chi connectivity index (χ0) is 23.0. The van der Waals surface area contributed by atoms with Crippen molar-refractivity contribution in [2.45, 2.75) is 33.5 Å². The number of fused-ring (bicyclic) bond motifs is 1. The molecule has 0 bridgehead atoms. The average molecular weight is 443 g/mol. The van der Waals surface area contributed by atoms with E-state index in [1.54, 1.807) is 26.0 Å². The van der Waals surface area contributed by atoms with Gasteiger partial charge in [0.2, 0.25) is 5.91 Å². The molecule has 3 heterocycles. The van der Waals surface area contributed by atoms with Crippen LogP contribution in [0, 0.1) is 18.6 Å². The van der Waals surface area contributed by atoms with Crippen LogP contribution in [0.25, 0.3) is 11.0 Å². The topological polar surface area (TPSA) is 104 Å². The van der Waals surface area contributed by atoms with Crippen molar-refractivity contribution in [3.63, 3.8) is 0 Å². The van der Waals surface area contributed by atoms with Crippen molar-refractivity contribution in [3.8, 4) is 0 Å². The number of rotatable bonds is 6. The number of amides is 1. The van der Waals surface area contributed by atoms with E-state index in [1.807, 2.05) is 0 Å². The molecule has 4 rings (SSSR count). The average Bonchev–Trinajstić information content (AvgIpc) is 3.38. The second-order valence-corrected chi connectivity index (χ2v) is 7.11. The van der Waals surface area contributed by atoms with Crippen LogP contribution in [0.4, 0.5) is 14.5 Å². The molecular weight excluding hydrogens is 424 g/mol. The Balaban J connectivity index is 1.82. The van der Waals surface area contributed by atoms with E-state index in [2.05, 4.69) is 10.4 Å². The van der Waals surface area contributed by atoms with Crippen LogP contribution in [0.15, 0.2) is 50.6 Å². The van der Waals surface area contributed by atoms with Crippen molar-refractivity contribution in [1.29, 1.82) is 0 Å². The smallest absolute Gasteiger partial charge is 0.332 e. The first-order valence-electron chi connectivity index (χ1n) is 9.78. The summed E-state index contributed by atoms with van der Waals surface area (Å²) in [5, 5.41) is 6.64. The third-order valence-electron chi connectivity index (χ3n) is 4.98. The molecule has 0 aliphatic rings. The van der Waals surface area contributed by atoms with Crippen LogP contribution in [-0.2, 0) is 24.4 Å². The molecule has 0 aliphatic carbocycles. The summed E-state index contributed by atoms with van der Waals surface area (Å²) in [6.45, 7) is 3.13. The summed E-state index contributed by atoms with van der Waals surface area (Å²) in [5.41, 5.74) is -0.769. The van der Waals surface area contributed by atoms with E-state index in [0.29, 0.717) is 24.1 Å². The maximum atomic E-state index is 13.9. The number of aryl methyl sites for hydroxylation is 2. The number of furan rings is 1. The molecule has 0 spiro atoms. The van der Waals surface area contributed by atoms with Crippen molar-refractivity contribution >= 4 is 22.6 Å². The van der Waals surface area contributed by atoms with Crippen LogP contribution in [0.2, 0.25) is 0 Å². The molecule has 11 heteroatoms. The van der Waals surface area contributed by atoms with Gasteiger partial charge in [0, 0.05) is 12.6 Å². The number of nitrogens with zero attached hydrogens (tertiary/aromatic N) is 4. The molecule has 0 radical (unpaired) electrons. The first-order chi connectivity index (χ1) is 15.3. The zero-order valence-corrected chi connectivity index (χ0v) is 17.3. The van der Waals surface area contributed by atoms with E-state index in [4.69, 9.17) is 4.42 Å². The zero-order valence-electron chi connectivity index (χ0n) is 17.3. The molecule has 32 heavy (non-hydrogen) atoms. The normalized spacial score (nSPS) is 11.2. The van der Waals surface area contributed by atoms with Gasteiger partial charge in [-0.2, -0.15) is 5.10 Å². The summed E-state index contributed by atoms with van der Waals surface area (Å²) in [5.74, 6) is -2.09. The Hall–Kier alpha value is -4.02. The van der Waals surface area contributed by atoms with Crippen molar-refractivity contribution in [3.05, 3.63) is 80.5 Å². The van der Waals surface area contributed by atoms with E-state index in [1.165, 1.54) is 10.9 Å². The van der Waals surface area contributed by atoms with E-state index in [9.17, 15) is 23.2 Å². The Kier molecular flexibility index (Phi) is 5.47. The molecule has 3 aromatic heterocycles. The van der Waals surface area contributed by atoms with Gasteiger partial charge in [0.25, 0.3) is 5.56 Å². The van der Waals surface area contributed by atoms with Gasteiger partial charge in [-0.05, 0) is 38.1 Å². The first-order valence-corrected chi connectivity index (χ1v) is 9.78. The second-order valence-electron chi connectivity index (χ2n) is 7.11. The summed E-state index contributed by atoms with van der Waals surface area (Å²) < 4.78 is 35.9. The minimum atomic E-state index is -0.950. The largest absolute Gasteiger partial charge is 0.467 e. The first kappa shape index (κ1) is 21.2. The van der Waals surface area contributed by atoms with Crippen LogP contribution < -0.4 is 16.6 Å². The quantitative estimate of drug-likeness (QED) is 0.492. The lowest BCUT2D eigenvalue weighted by Gasteiger charge is -2.13. The lowest BCUT2D eigenvalue weighted by molar-refractivity contribution is -0.116. The number of anilines is 1. The van der Waals surface area contributed by atoms with Crippen LogP contribution in [0.5, 0.6) is 0 Å². The van der Waals surface area contributed by atoms with E-state index < -0.39 is 35.3 Å². The minimum Gasteiger partial charge on any atom is -0.467 e. The monoisotopic (exact) mass is 443 g/mol. The van der Waals surface area contributed by atoms with Gasteiger partial charge < -0.3 is 9.73 Å². The maximum Gasteiger partial charge on any atom is 0.332 e. The molecule has 0 saturated carbocycles. The Morgan fingerprint density at radius 1 is 1.16 bits per heavy atom.